The number of nitrogens with zero attached hydrogens (tertiary/aromatic N) is 3. The minimum Gasteiger partial charge on any atom is -0.310 e. The summed E-state index contributed by atoms with van der Waals surface area (Å²) in [5.41, 5.74) is 16.8. The van der Waals surface area contributed by atoms with Gasteiger partial charge in [-0.1, -0.05) is 159 Å². The topological polar surface area (TPSA) is 29.0 Å². The van der Waals surface area contributed by atoms with Crippen molar-refractivity contribution in [1.29, 1.82) is 0 Å². The molecule has 11 rings (SSSR count). The Morgan fingerprint density at radius 1 is 0.379 bits per heavy atom. The van der Waals surface area contributed by atoms with Crippen LogP contribution in [-0.4, -0.2) is 9.97 Å². The van der Waals surface area contributed by atoms with E-state index in [2.05, 4.69) is 207 Å². The van der Waals surface area contributed by atoms with Crippen LogP contribution in [0.1, 0.15) is 25.0 Å². The fourth-order valence-electron chi connectivity index (χ4n) is 9.03. The van der Waals surface area contributed by atoms with Gasteiger partial charge in [0.15, 0.2) is 0 Å². The number of rotatable bonds is 6. The molecule has 0 bridgehead atoms. The van der Waals surface area contributed by atoms with Crippen LogP contribution >= 0.6 is 0 Å². The van der Waals surface area contributed by atoms with Gasteiger partial charge >= 0.3 is 0 Å². The second-order valence-electron chi connectivity index (χ2n) is 15.8. The summed E-state index contributed by atoms with van der Waals surface area (Å²) < 4.78 is 0. The Morgan fingerprint density at radius 2 is 0.931 bits per heavy atom. The number of benzene rings is 9. The third kappa shape index (κ3) is 5.58. The maximum Gasteiger partial charge on any atom is 0.0973 e. The molecule has 0 amide bonds. The minimum absolute atomic E-state index is 0.0790. The van der Waals surface area contributed by atoms with Gasteiger partial charge in [-0.05, 0) is 104 Å². The summed E-state index contributed by atoms with van der Waals surface area (Å²) in [6.45, 7) is 4.69. The number of hydrogen-bond donors (Lipinski definition) is 0. The molecule has 0 fully saturated rings. The molecule has 58 heavy (non-hydrogen) atoms. The van der Waals surface area contributed by atoms with E-state index in [-0.39, 0.29) is 5.41 Å². The van der Waals surface area contributed by atoms with E-state index in [0.29, 0.717) is 0 Å². The van der Waals surface area contributed by atoms with E-state index in [9.17, 15) is 0 Å². The molecule has 0 saturated heterocycles. The number of anilines is 3. The maximum absolute atomic E-state index is 5.33. The average molecular weight is 742 g/mol. The van der Waals surface area contributed by atoms with Crippen molar-refractivity contribution in [3.63, 3.8) is 0 Å². The first-order chi connectivity index (χ1) is 28.5. The first kappa shape index (κ1) is 33.9. The van der Waals surface area contributed by atoms with E-state index in [4.69, 9.17) is 9.97 Å². The van der Waals surface area contributed by atoms with E-state index >= 15 is 0 Å². The Bertz CT molecular complexity index is 3190. The van der Waals surface area contributed by atoms with Crippen LogP contribution in [0.2, 0.25) is 0 Å². The van der Waals surface area contributed by atoms with Crippen LogP contribution in [0.25, 0.3) is 77.3 Å². The molecule has 0 saturated carbocycles. The molecule has 274 valence electrons. The lowest BCUT2D eigenvalue weighted by Crippen LogP contribution is -2.16. The third-order valence-corrected chi connectivity index (χ3v) is 12.0. The van der Waals surface area contributed by atoms with Crippen molar-refractivity contribution in [3.05, 3.63) is 211 Å². The van der Waals surface area contributed by atoms with Crippen LogP contribution in [0.4, 0.5) is 17.1 Å². The molecule has 1 aromatic heterocycles. The standard InChI is InChI=1S/C55H39N3/c1-55(2)49-21-13-12-20-47(49)48-30-28-45(35-50(48)55)58(43-18-10-5-11-19-43)44-27-24-39-32-38(22-23-41(39)34-44)40-25-29-46-42(33-40)26-31-51-54(46)57-53(37-16-8-4-9-17-37)52(56-51)36-14-6-3-7-15-36/h3-35H,1-2H3. The molecule has 3 heteroatoms. The molecule has 0 aliphatic heterocycles. The van der Waals surface area contributed by atoms with Gasteiger partial charge < -0.3 is 4.90 Å². The number of fused-ring (bicyclic) bond motifs is 7. The highest BCUT2D eigenvalue weighted by Crippen LogP contribution is 2.50. The fourth-order valence-corrected chi connectivity index (χ4v) is 9.03. The highest BCUT2D eigenvalue weighted by molar-refractivity contribution is 6.07. The Labute approximate surface area is 338 Å². The number of para-hydroxylation sites is 1. The van der Waals surface area contributed by atoms with Gasteiger partial charge in [-0.2, -0.15) is 0 Å². The SMILES string of the molecule is CC1(C)c2ccccc2-c2ccc(N(c3ccccc3)c3ccc4cc(-c5ccc6c(ccc7nc(-c8ccccc8)c(-c8ccccc8)nc76)c5)ccc4c3)cc21. The van der Waals surface area contributed by atoms with E-state index in [1.807, 2.05) is 12.1 Å². The smallest absolute Gasteiger partial charge is 0.0973 e. The molecule has 0 N–H and O–H groups in total. The summed E-state index contributed by atoms with van der Waals surface area (Å²) in [5, 5.41) is 4.63. The van der Waals surface area contributed by atoms with Gasteiger partial charge in [-0.15, -0.1) is 0 Å². The summed E-state index contributed by atoms with van der Waals surface area (Å²) in [6.07, 6.45) is 0. The Hall–Kier alpha value is -7.36. The van der Waals surface area contributed by atoms with Crippen molar-refractivity contribution in [2.75, 3.05) is 4.90 Å². The Balaban J connectivity index is 0.968. The predicted molar refractivity (Wildman–Crippen MR) is 243 cm³/mol. The molecule has 9 aromatic carbocycles. The van der Waals surface area contributed by atoms with E-state index in [0.717, 1.165) is 61.4 Å². The molecule has 0 spiro atoms. The van der Waals surface area contributed by atoms with Gasteiger partial charge in [0.1, 0.15) is 0 Å². The zero-order chi connectivity index (χ0) is 38.8. The average Bonchev–Trinajstić information content (AvgIpc) is 3.51. The summed E-state index contributed by atoms with van der Waals surface area (Å²) >= 11 is 0. The fraction of sp³-hybridized carbons (Fsp3) is 0.0545. The molecule has 1 aliphatic carbocycles. The first-order valence-corrected chi connectivity index (χ1v) is 20.0. The van der Waals surface area contributed by atoms with Crippen molar-refractivity contribution in [2.24, 2.45) is 0 Å². The van der Waals surface area contributed by atoms with Gasteiger partial charge in [0.25, 0.3) is 0 Å². The van der Waals surface area contributed by atoms with E-state index in [1.165, 1.54) is 44.2 Å². The molecule has 0 radical (unpaired) electrons. The van der Waals surface area contributed by atoms with Crippen molar-refractivity contribution in [1.82, 2.24) is 9.97 Å². The molecular weight excluding hydrogens is 703 g/mol. The van der Waals surface area contributed by atoms with Gasteiger partial charge in [0, 0.05) is 39.0 Å². The van der Waals surface area contributed by atoms with E-state index in [1.54, 1.807) is 0 Å². The van der Waals surface area contributed by atoms with Crippen molar-refractivity contribution in [2.45, 2.75) is 19.3 Å². The third-order valence-electron chi connectivity index (χ3n) is 12.0. The lowest BCUT2D eigenvalue weighted by Gasteiger charge is -2.28. The number of hydrogen-bond acceptors (Lipinski definition) is 3. The quantitative estimate of drug-likeness (QED) is 0.159. The molecule has 3 nitrogen and oxygen atoms in total. The lowest BCUT2D eigenvalue weighted by molar-refractivity contribution is 0.660. The summed E-state index contributed by atoms with van der Waals surface area (Å²) in [7, 11) is 0. The normalized spacial score (nSPS) is 12.8. The van der Waals surface area contributed by atoms with Crippen LogP contribution in [0, 0.1) is 0 Å². The van der Waals surface area contributed by atoms with Crippen LogP contribution in [0.5, 0.6) is 0 Å². The first-order valence-electron chi connectivity index (χ1n) is 20.0. The van der Waals surface area contributed by atoms with Crippen molar-refractivity contribution < 1.29 is 0 Å². The molecule has 10 aromatic rings. The maximum atomic E-state index is 5.33. The van der Waals surface area contributed by atoms with E-state index < -0.39 is 0 Å². The monoisotopic (exact) mass is 741 g/mol. The van der Waals surface area contributed by atoms with Gasteiger partial charge in [-0.25, -0.2) is 9.97 Å². The highest BCUT2D eigenvalue weighted by Gasteiger charge is 2.35. The van der Waals surface area contributed by atoms with Crippen LogP contribution in [-0.2, 0) is 5.41 Å². The largest absolute Gasteiger partial charge is 0.310 e. The minimum atomic E-state index is -0.0790. The van der Waals surface area contributed by atoms with Crippen LogP contribution in [0.15, 0.2) is 200 Å². The highest BCUT2D eigenvalue weighted by atomic mass is 15.1. The van der Waals surface area contributed by atoms with Crippen LogP contribution in [0.3, 0.4) is 0 Å². The van der Waals surface area contributed by atoms with Crippen molar-refractivity contribution >= 4 is 49.6 Å². The molecule has 1 aliphatic rings. The van der Waals surface area contributed by atoms with Crippen LogP contribution < -0.4 is 4.90 Å². The zero-order valence-corrected chi connectivity index (χ0v) is 32.4. The summed E-state index contributed by atoms with van der Waals surface area (Å²) in [4.78, 5) is 12.9. The molecular formula is C55H39N3. The second kappa shape index (κ2) is 13.4. The lowest BCUT2D eigenvalue weighted by atomic mass is 9.82. The Morgan fingerprint density at radius 3 is 1.69 bits per heavy atom. The summed E-state index contributed by atoms with van der Waals surface area (Å²) in [6, 6.07) is 71.9. The zero-order valence-electron chi connectivity index (χ0n) is 32.4. The van der Waals surface area contributed by atoms with Gasteiger partial charge in [-0.3, -0.25) is 0 Å². The van der Waals surface area contributed by atoms with Crippen molar-refractivity contribution in [3.8, 4) is 44.8 Å². The predicted octanol–water partition coefficient (Wildman–Crippen LogP) is 14.7. The molecule has 1 heterocycles. The second-order valence-corrected chi connectivity index (χ2v) is 15.8. The number of aromatic nitrogens is 2. The summed E-state index contributed by atoms with van der Waals surface area (Å²) in [5.74, 6) is 0. The molecule has 0 unspecified atom stereocenters. The van der Waals surface area contributed by atoms with Gasteiger partial charge in [0.2, 0.25) is 0 Å². The molecule has 0 atom stereocenters. The Kier molecular flexibility index (Phi) is 7.84. The van der Waals surface area contributed by atoms with Gasteiger partial charge in [0.05, 0.1) is 22.4 Å².